The maximum atomic E-state index is 11.6. The van der Waals surface area contributed by atoms with Crippen molar-refractivity contribution in [3.05, 3.63) is 35.9 Å². The standard InChI is InChI=1S/C21H31NO2.ClH/c1-3-4-12-21(24-17(2)23)13-14-22-16-19(10-11-20(22)15-21)18-8-6-5-7-9-18;/h5-9,19-20H,3-4,10-16H2,1-2H3;1H/t19-,20+,21+;/m0./s1. The first kappa shape index (κ1) is 20.3. The highest BCUT2D eigenvalue weighted by molar-refractivity contribution is 5.85. The van der Waals surface area contributed by atoms with Crippen LogP contribution in [0, 0.1) is 0 Å². The smallest absolute Gasteiger partial charge is 0.303 e. The summed E-state index contributed by atoms with van der Waals surface area (Å²) in [6, 6.07) is 11.5. The topological polar surface area (TPSA) is 29.5 Å². The molecule has 0 saturated carbocycles. The second kappa shape index (κ2) is 9.05. The molecule has 2 aliphatic rings. The van der Waals surface area contributed by atoms with Gasteiger partial charge in [-0.25, -0.2) is 0 Å². The first-order valence-electron chi connectivity index (χ1n) is 9.60. The highest BCUT2D eigenvalue weighted by Crippen LogP contribution is 2.41. The summed E-state index contributed by atoms with van der Waals surface area (Å²) in [5.41, 5.74) is 1.27. The third-order valence-corrected chi connectivity index (χ3v) is 5.90. The van der Waals surface area contributed by atoms with Gasteiger partial charge in [-0.1, -0.05) is 43.7 Å². The van der Waals surface area contributed by atoms with Gasteiger partial charge in [0, 0.05) is 32.5 Å². The predicted molar refractivity (Wildman–Crippen MR) is 104 cm³/mol. The Morgan fingerprint density at radius 1 is 1.28 bits per heavy atom. The van der Waals surface area contributed by atoms with Crippen LogP contribution < -0.4 is 0 Å². The Morgan fingerprint density at radius 3 is 2.72 bits per heavy atom. The van der Waals surface area contributed by atoms with Crippen molar-refractivity contribution in [2.45, 2.75) is 76.4 Å². The monoisotopic (exact) mass is 365 g/mol. The lowest BCUT2D eigenvalue weighted by molar-refractivity contribution is -0.167. The zero-order valence-electron chi connectivity index (χ0n) is 15.6. The Hall–Kier alpha value is -1.06. The summed E-state index contributed by atoms with van der Waals surface area (Å²) in [6.45, 7) is 5.98. The number of ether oxygens (including phenoxy) is 1. The van der Waals surface area contributed by atoms with Crippen LogP contribution in [0.1, 0.15) is 70.3 Å². The number of unbranched alkanes of at least 4 members (excludes halogenated alkanes) is 1. The van der Waals surface area contributed by atoms with E-state index in [0.717, 1.165) is 45.2 Å². The van der Waals surface area contributed by atoms with Crippen LogP contribution in [0.2, 0.25) is 0 Å². The van der Waals surface area contributed by atoms with E-state index in [9.17, 15) is 4.79 Å². The molecule has 3 rings (SSSR count). The van der Waals surface area contributed by atoms with E-state index in [4.69, 9.17) is 4.74 Å². The zero-order chi connectivity index (χ0) is 17.0. The minimum atomic E-state index is -0.206. The van der Waals surface area contributed by atoms with Crippen molar-refractivity contribution in [3.63, 3.8) is 0 Å². The first-order valence-corrected chi connectivity index (χ1v) is 9.60. The van der Waals surface area contributed by atoms with E-state index in [-0.39, 0.29) is 24.0 Å². The number of piperidine rings is 2. The highest BCUT2D eigenvalue weighted by Gasteiger charge is 2.43. The van der Waals surface area contributed by atoms with E-state index in [0.29, 0.717) is 12.0 Å². The van der Waals surface area contributed by atoms with Crippen LogP contribution in [-0.4, -0.2) is 35.6 Å². The van der Waals surface area contributed by atoms with Crippen LogP contribution >= 0.6 is 12.4 Å². The molecule has 0 radical (unpaired) electrons. The van der Waals surface area contributed by atoms with Crippen molar-refractivity contribution in [2.75, 3.05) is 13.1 Å². The molecule has 3 nitrogen and oxygen atoms in total. The lowest BCUT2D eigenvalue weighted by atomic mass is 9.76. The number of hydrogen-bond acceptors (Lipinski definition) is 3. The molecule has 0 aromatic heterocycles. The summed E-state index contributed by atoms with van der Waals surface area (Å²) in [7, 11) is 0. The molecular weight excluding hydrogens is 334 g/mol. The molecule has 2 fully saturated rings. The summed E-state index contributed by atoms with van der Waals surface area (Å²) in [5.74, 6) is 0.539. The van der Waals surface area contributed by atoms with Gasteiger partial charge in [0.15, 0.2) is 0 Å². The van der Waals surface area contributed by atoms with E-state index in [2.05, 4.69) is 42.2 Å². The SMILES string of the molecule is CCCC[C@@]1(OC(C)=O)CCN2C[C@@H](c3ccccc3)CC[C@@H]2C1.Cl. The number of hydrogen-bond donors (Lipinski definition) is 0. The molecule has 4 heteroatoms. The van der Waals surface area contributed by atoms with Crippen LogP contribution in [0.15, 0.2) is 30.3 Å². The van der Waals surface area contributed by atoms with E-state index in [1.165, 1.54) is 18.4 Å². The largest absolute Gasteiger partial charge is 0.459 e. The number of halogens is 1. The minimum absolute atomic E-state index is 0. The highest BCUT2D eigenvalue weighted by atomic mass is 35.5. The van der Waals surface area contributed by atoms with Crippen molar-refractivity contribution in [1.29, 1.82) is 0 Å². The Kier molecular flexibility index (Phi) is 7.33. The second-order valence-electron chi connectivity index (χ2n) is 7.67. The number of benzene rings is 1. The molecule has 2 saturated heterocycles. The molecule has 0 N–H and O–H groups in total. The van der Waals surface area contributed by atoms with Gasteiger partial charge in [0.1, 0.15) is 5.60 Å². The van der Waals surface area contributed by atoms with Crippen molar-refractivity contribution in [1.82, 2.24) is 4.90 Å². The van der Waals surface area contributed by atoms with Crippen LogP contribution in [0.25, 0.3) is 0 Å². The minimum Gasteiger partial charge on any atom is -0.459 e. The lowest BCUT2D eigenvalue weighted by Crippen LogP contribution is -2.54. The van der Waals surface area contributed by atoms with Crippen LogP contribution in [0.3, 0.4) is 0 Å². The van der Waals surface area contributed by atoms with Gasteiger partial charge in [-0.2, -0.15) is 0 Å². The van der Waals surface area contributed by atoms with Gasteiger partial charge in [-0.3, -0.25) is 9.69 Å². The summed E-state index contributed by atoms with van der Waals surface area (Å²) >= 11 is 0. The number of fused-ring (bicyclic) bond motifs is 1. The first-order chi connectivity index (χ1) is 11.6. The summed E-state index contributed by atoms with van der Waals surface area (Å²) in [6.07, 6.45) is 7.80. The molecule has 0 aliphatic carbocycles. The fourth-order valence-electron chi connectivity index (χ4n) is 4.66. The van der Waals surface area contributed by atoms with Crippen molar-refractivity contribution < 1.29 is 9.53 Å². The fraction of sp³-hybridized carbons (Fsp3) is 0.667. The maximum absolute atomic E-state index is 11.6. The summed E-state index contributed by atoms with van der Waals surface area (Å²) in [5, 5.41) is 0. The number of carbonyl (C=O) groups is 1. The van der Waals surface area contributed by atoms with Crippen molar-refractivity contribution >= 4 is 18.4 Å². The van der Waals surface area contributed by atoms with Crippen LogP contribution in [-0.2, 0) is 9.53 Å². The molecule has 25 heavy (non-hydrogen) atoms. The molecule has 1 aromatic carbocycles. The van der Waals surface area contributed by atoms with Gasteiger partial charge in [0.05, 0.1) is 0 Å². The number of rotatable bonds is 5. The molecule has 0 spiro atoms. The molecule has 0 bridgehead atoms. The van der Waals surface area contributed by atoms with Crippen molar-refractivity contribution in [2.24, 2.45) is 0 Å². The number of esters is 1. The molecular formula is C21H32ClNO2. The van der Waals surface area contributed by atoms with E-state index in [1.54, 1.807) is 6.92 Å². The van der Waals surface area contributed by atoms with Gasteiger partial charge in [-0.15, -0.1) is 12.4 Å². The zero-order valence-corrected chi connectivity index (χ0v) is 16.4. The van der Waals surface area contributed by atoms with E-state index < -0.39 is 0 Å². The van der Waals surface area contributed by atoms with Gasteiger partial charge in [0.25, 0.3) is 0 Å². The average molecular weight is 366 g/mol. The molecule has 3 atom stereocenters. The third kappa shape index (κ3) is 4.98. The lowest BCUT2D eigenvalue weighted by Gasteiger charge is -2.49. The van der Waals surface area contributed by atoms with Gasteiger partial charge < -0.3 is 4.74 Å². The second-order valence-corrected chi connectivity index (χ2v) is 7.67. The number of nitrogens with zero attached hydrogens (tertiary/aromatic N) is 1. The molecule has 140 valence electrons. The quantitative estimate of drug-likeness (QED) is 0.692. The average Bonchev–Trinajstić information content (AvgIpc) is 2.60. The summed E-state index contributed by atoms with van der Waals surface area (Å²) in [4.78, 5) is 14.3. The van der Waals surface area contributed by atoms with Gasteiger partial charge in [-0.05, 0) is 43.6 Å². The predicted octanol–water partition coefficient (Wildman–Crippen LogP) is 4.94. The van der Waals surface area contributed by atoms with Gasteiger partial charge >= 0.3 is 5.97 Å². The Morgan fingerprint density at radius 2 is 2.04 bits per heavy atom. The third-order valence-electron chi connectivity index (χ3n) is 5.90. The van der Waals surface area contributed by atoms with E-state index >= 15 is 0 Å². The molecule has 2 aliphatic heterocycles. The Bertz CT molecular complexity index is 550. The van der Waals surface area contributed by atoms with Gasteiger partial charge in [0.2, 0.25) is 0 Å². The normalized spacial score (nSPS) is 29.4. The Balaban J connectivity index is 0.00000225. The summed E-state index contributed by atoms with van der Waals surface area (Å²) < 4.78 is 5.88. The molecule has 0 unspecified atom stereocenters. The number of carbonyl (C=O) groups excluding carboxylic acids is 1. The Labute approximate surface area is 158 Å². The molecule has 1 aromatic rings. The molecule has 0 amide bonds. The van der Waals surface area contributed by atoms with Crippen LogP contribution in [0.5, 0.6) is 0 Å². The van der Waals surface area contributed by atoms with Crippen LogP contribution in [0.4, 0.5) is 0 Å². The van der Waals surface area contributed by atoms with Crippen molar-refractivity contribution in [3.8, 4) is 0 Å². The van der Waals surface area contributed by atoms with E-state index in [1.807, 2.05) is 0 Å². The fourth-order valence-corrected chi connectivity index (χ4v) is 4.66. The molecule has 2 heterocycles. The maximum Gasteiger partial charge on any atom is 0.303 e.